The molecule has 0 spiro atoms. The first-order chi connectivity index (χ1) is 20.7. The molecule has 0 atom stereocenters. The van der Waals surface area contributed by atoms with Crippen molar-refractivity contribution in [3.8, 4) is 17.6 Å². The van der Waals surface area contributed by atoms with Crippen LogP contribution in [0.5, 0.6) is 5.75 Å². The highest BCUT2D eigenvalue weighted by atomic mass is 35.5. The van der Waals surface area contributed by atoms with Gasteiger partial charge in [-0.05, 0) is 63.4 Å². The van der Waals surface area contributed by atoms with Crippen molar-refractivity contribution in [2.75, 3.05) is 50.5 Å². The topological polar surface area (TPSA) is 82.6 Å². The highest BCUT2D eigenvalue weighted by molar-refractivity contribution is 6.31. The monoisotopic (exact) mass is 600 g/mol. The van der Waals surface area contributed by atoms with Crippen LogP contribution in [-0.4, -0.2) is 71.0 Å². The average molecular weight is 601 g/mol. The van der Waals surface area contributed by atoms with Crippen LogP contribution in [0.4, 0.5) is 21.6 Å². The number of benzene rings is 3. The number of carbonyl (C=O) groups excluding carboxylic acids is 1. The molecule has 1 amide bonds. The van der Waals surface area contributed by atoms with Crippen LogP contribution in [0.25, 0.3) is 10.9 Å². The van der Waals surface area contributed by atoms with Gasteiger partial charge in [-0.2, -0.15) is 0 Å². The molecule has 0 unspecified atom stereocenters. The van der Waals surface area contributed by atoms with Gasteiger partial charge in [-0.1, -0.05) is 41.6 Å². The van der Waals surface area contributed by atoms with Gasteiger partial charge < -0.3 is 20.3 Å². The number of nitrogens with zero attached hydrogens (tertiary/aromatic N) is 4. The van der Waals surface area contributed by atoms with Gasteiger partial charge in [-0.15, -0.1) is 0 Å². The number of anilines is 3. The van der Waals surface area contributed by atoms with Crippen molar-refractivity contribution < 1.29 is 13.9 Å². The number of hydrogen-bond acceptors (Lipinski definition) is 7. The first kappa shape index (κ1) is 30.2. The Morgan fingerprint density at radius 1 is 1.07 bits per heavy atom. The molecule has 0 radical (unpaired) electrons. The van der Waals surface area contributed by atoms with Crippen LogP contribution in [0.3, 0.4) is 0 Å². The van der Waals surface area contributed by atoms with Crippen molar-refractivity contribution in [1.29, 1.82) is 0 Å². The Morgan fingerprint density at radius 3 is 2.58 bits per heavy atom. The Kier molecular flexibility index (Phi) is 9.41. The Hall–Kier alpha value is -4.23. The van der Waals surface area contributed by atoms with Crippen LogP contribution in [-0.2, 0) is 4.79 Å². The average Bonchev–Trinajstić information content (AvgIpc) is 2.99. The van der Waals surface area contributed by atoms with E-state index < -0.39 is 5.82 Å². The summed E-state index contributed by atoms with van der Waals surface area (Å²) in [7, 11) is 2.13. The van der Waals surface area contributed by atoms with E-state index in [2.05, 4.69) is 63.1 Å². The SMILES string of the molecule is CN1CCN(C(C)(C)C#Cc2cc3ncnc(Nc4ccc(F)c(Cl)c4)c3cc2NC(=O)CCOc2ccccc2)CC1. The summed E-state index contributed by atoms with van der Waals surface area (Å²) in [5.41, 5.74) is 2.00. The zero-order valence-electron chi connectivity index (χ0n) is 24.5. The van der Waals surface area contributed by atoms with Gasteiger partial charge in [0.05, 0.1) is 40.4 Å². The quantitative estimate of drug-likeness (QED) is 0.242. The third-order valence-corrected chi connectivity index (χ3v) is 7.66. The molecule has 4 aromatic rings. The molecule has 43 heavy (non-hydrogen) atoms. The van der Waals surface area contributed by atoms with E-state index >= 15 is 0 Å². The van der Waals surface area contributed by atoms with Gasteiger partial charge in [0.15, 0.2) is 0 Å². The maximum atomic E-state index is 13.7. The fraction of sp³-hybridized carbons (Fsp3) is 0.303. The normalized spacial score (nSPS) is 14.2. The summed E-state index contributed by atoms with van der Waals surface area (Å²) in [5.74, 6) is 7.23. The van der Waals surface area contributed by atoms with Gasteiger partial charge >= 0.3 is 0 Å². The van der Waals surface area contributed by atoms with Gasteiger partial charge in [0.2, 0.25) is 5.91 Å². The van der Waals surface area contributed by atoms with E-state index in [-0.39, 0.29) is 29.5 Å². The summed E-state index contributed by atoms with van der Waals surface area (Å²) in [6, 6.07) is 17.4. The summed E-state index contributed by atoms with van der Waals surface area (Å²) >= 11 is 5.99. The lowest BCUT2D eigenvalue weighted by atomic mass is 10.0. The van der Waals surface area contributed by atoms with E-state index in [0.29, 0.717) is 39.4 Å². The molecule has 0 aliphatic carbocycles. The van der Waals surface area contributed by atoms with Crippen LogP contribution in [0.15, 0.2) is 67.0 Å². The number of nitrogens with one attached hydrogen (secondary N) is 2. The number of para-hydroxylation sites is 1. The van der Waals surface area contributed by atoms with E-state index in [1.165, 1.54) is 18.5 Å². The van der Waals surface area contributed by atoms with Crippen LogP contribution in [0, 0.1) is 17.7 Å². The van der Waals surface area contributed by atoms with Crippen LogP contribution >= 0.6 is 11.6 Å². The van der Waals surface area contributed by atoms with E-state index in [1.807, 2.05) is 42.5 Å². The van der Waals surface area contributed by atoms with E-state index in [9.17, 15) is 9.18 Å². The van der Waals surface area contributed by atoms with Crippen LogP contribution in [0.2, 0.25) is 5.02 Å². The third-order valence-electron chi connectivity index (χ3n) is 7.37. The minimum absolute atomic E-state index is 0.00504. The second-order valence-corrected chi connectivity index (χ2v) is 11.4. The summed E-state index contributed by atoms with van der Waals surface area (Å²) in [5, 5.41) is 6.86. The van der Waals surface area contributed by atoms with E-state index in [4.69, 9.17) is 16.3 Å². The summed E-state index contributed by atoms with van der Waals surface area (Å²) in [6.45, 7) is 8.28. The summed E-state index contributed by atoms with van der Waals surface area (Å²) in [4.78, 5) is 26.6. The van der Waals surface area contributed by atoms with Crippen molar-refractivity contribution in [3.63, 3.8) is 0 Å². The van der Waals surface area contributed by atoms with Gasteiger partial charge in [0.25, 0.3) is 0 Å². The Morgan fingerprint density at radius 2 is 1.84 bits per heavy atom. The molecule has 2 heterocycles. The molecule has 8 nitrogen and oxygen atoms in total. The Bertz CT molecular complexity index is 1660. The summed E-state index contributed by atoms with van der Waals surface area (Å²) < 4.78 is 19.5. The zero-order valence-corrected chi connectivity index (χ0v) is 25.2. The van der Waals surface area contributed by atoms with Gasteiger partial charge in [0.1, 0.15) is 23.7 Å². The van der Waals surface area contributed by atoms with E-state index in [0.717, 1.165) is 26.2 Å². The Balaban J connectivity index is 1.45. The predicted molar refractivity (Wildman–Crippen MR) is 169 cm³/mol. The summed E-state index contributed by atoms with van der Waals surface area (Å²) in [6.07, 6.45) is 1.59. The number of piperazine rings is 1. The zero-order chi connectivity index (χ0) is 30.4. The van der Waals surface area contributed by atoms with E-state index in [1.54, 1.807) is 6.07 Å². The van der Waals surface area contributed by atoms with Crippen molar-refractivity contribution in [3.05, 3.63) is 83.4 Å². The number of carbonyl (C=O) groups is 1. The number of amides is 1. The molecular formula is C33H34ClFN6O2. The van der Waals surface area contributed by atoms with Gasteiger partial charge in [0, 0.05) is 37.3 Å². The second kappa shape index (κ2) is 13.4. The fourth-order valence-electron chi connectivity index (χ4n) is 4.78. The van der Waals surface area contributed by atoms with Gasteiger partial charge in [-0.25, -0.2) is 14.4 Å². The lowest BCUT2D eigenvalue weighted by Gasteiger charge is -2.40. The first-order valence-corrected chi connectivity index (χ1v) is 14.5. The molecule has 5 rings (SSSR count). The van der Waals surface area contributed by atoms with Crippen LogP contribution in [0.1, 0.15) is 25.8 Å². The highest BCUT2D eigenvalue weighted by Gasteiger charge is 2.27. The molecule has 1 fully saturated rings. The minimum atomic E-state index is -0.510. The number of likely N-dealkylation sites (N-methyl/N-ethyl adjacent to an activating group) is 1. The smallest absolute Gasteiger partial charge is 0.227 e. The number of fused-ring (bicyclic) bond motifs is 1. The van der Waals surface area contributed by atoms with Gasteiger partial charge in [-0.3, -0.25) is 9.69 Å². The Labute approximate surface area is 256 Å². The maximum Gasteiger partial charge on any atom is 0.227 e. The van der Waals surface area contributed by atoms with Crippen LogP contribution < -0.4 is 15.4 Å². The third kappa shape index (κ3) is 7.79. The first-order valence-electron chi connectivity index (χ1n) is 14.1. The molecule has 0 saturated carbocycles. The molecule has 0 bridgehead atoms. The van der Waals surface area contributed by atoms with Crippen molar-refractivity contribution in [2.24, 2.45) is 0 Å². The second-order valence-electron chi connectivity index (χ2n) is 11.0. The molecule has 10 heteroatoms. The van der Waals surface area contributed by atoms with Crippen molar-refractivity contribution in [2.45, 2.75) is 25.8 Å². The number of ether oxygens (including phenoxy) is 1. The molecule has 1 aliphatic rings. The minimum Gasteiger partial charge on any atom is -0.493 e. The molecule has 2 N–H and O–H groups in total. The maximum absolute atomic E-state index is 13.7. The largest absolute Gasteiger partial charge is 0.493 e. The standard InChI is InChI=1S/C33H34ClFN6O2/c1-33(2,41-16-14-40(3)15-17-41)13-11-23-19-30-26(32(37-22-36-30)38-24-9-10-28(35)27(34)20-24)21-29(23)39-31(42)12-18-43-25-7-5-4-6-8-25/h4-10,19-22H,12,14-18H2,1-3H3,(H,39,42)(H,36,37,38). The molecule has 222 valence electrons. The molecular weight excluding hydrogens is 567 g/mol. The van der Waals surface area contributed by atoms with Crippen molar-refractivity contribution >= 4 is 45.6 Å². The number of aromatic nitrogens is 2. The number of rotatable bonds is 8. The fourth-order valence-corrected chi connectivity index (χ4v) is 4.96. The molecule has 1 aromatic heterocycles. The predicted octanol–water partition coefficient (Wildman–Crippen LogP) is 5.95. The highest BCUT2D eigenvalue weighted by Crippen LogP contribution is 2.30. The molecule has 3 aromatic carbocycles. The number of hydrogen-bond donors (Lipinski definition) is 2. The van der Waals surface area contributed by atoms with Crippen molar-refractivity contribution in [1.82, 2.24) is 19.8 Å². The molecule has 1 aliphatic heterocycles. The molecule has 1 saturated heterocycles. The number of halogens is 2. The lowest BCUT2D eigenvalue weighted by Crippen LogP contribution is -2.53. The lowest BCUT2D eigenvalue weighted by molar-refractivity contribution is -0.116.